The summed E-state index contributed by atoms with van der Waals surface area (Å²) in [4.78, 5) is 6.94. The Bertz CT molecular complexity index is 4800. The first-order valence-electron chi connectivity index (χ1n) is 31.7. The van der Waals surface area contributed by atoms with Crippen molar-refractivity contribution in [1.82, 2.24) is 0 Å². The number of anilines is 13. The summed E-state index contributed by atoms with van der Waals surface area (Å²) in [7, 11) is 0. The van der Waals surface area contributed by atoms with Crippen LogP contribution in [0.15, 0.2) is 291 Å². The van der Waals surface area contributed by atoms with Crippen LogP contribution in [0, 0.1) is 0 Å². The fraction of sp³-hybridized carbons (Fsp3) is 0.0250. The Kier molecular flexibility index (Phi) is 12.7. The molecule has 444 valence electrons. The maximum absolute atomic E-state index is 7.50. The Morgan fingerprint density at radius 1 is 0.234 bits per heavy atom. The summed E-state index contributed by atoms with van der Waals surface area (Å²) in [5.74, 6) is 6.32. The second-order valence-electron chi connectivity index (χ2n) is 24.3. The molecule has 0 saturated heterocycles. The zero-order valence-electron chi connectivity index (χ0n) is 51.1. The van der Waals surface area contributed by atoms with Gasteiger partial charge in [-0.15, -0.1) is 0 Å². The van der Waals surface area contributed by atoms with Crippen LogP contribution < -0.4 is 91.4 Å². The minimum Gasteiger partial charge on any atom is -0.458 e. The van der Waals surface area contributed by atoms with Crippen molar-refractivity contribution in [1.29, 1.82) is 0 Å². The highest BCUT2D eigenvalue weighted by molar-refractivity contribution is 8.00. The van der Waals surface area contributed by atoms with Gasteiger partial charge in [0.1, 0.15) is 46.0 Å². The van der Waals surface area contributed by atoms with Crippen LogP contribution in [-0.2, 0) is 0 Å². The molecule has 14 heteroatoms. The first kappa shape index (κ1) is 54.7. The van der Waals surface area contributed by atoms with E-state index in [2.05, 4.69) is 327 Å². The normalized spacial score (nSPS) is 13.3. The number of para-hydroxylation sites is 8. The van der Waals surface area contributed by atoms with Gasteiger partial charge in [-0.1, -0.05) is 158 Å². The van der Waals surface area contributed by atoms with Crippen LogP contribution in [0.1, 0.15) is 0 Å². The lowest BCUT2D eigenvalue weighted by Gasteiger charge is -2.45. The SMILES string of the molecule is CSN1c2cc3c(cc2B2c4cc5c(cc4N(SC)c4cc(N(c6ccccc6)c6ccccc6)cc1c42)Oc1cc(N(c2ccccc2)c2ccccc2)cc2c1B5c1ccccc1O2)B1c2ccccc2Oc2cc(N(c4ccccc4)c4ccccc4)cc(c21)O3. The standard InChI is InChI=1S/C80H54B3N5O4S2/c1-93-87-66-49-72-64(81-60-37-21-23-39-70(60)89-74-43-58(45-76(91-72)79(74)81)85(53-29-13-5-14-30-53)54-31-15-6-16-32-54)47-62(66)83-63-48-65-73(50-67(63)88(94-2)69-42-57(41-68(87)78(69)83)84(51-25-9-3-10-26-51)52-27-11-4-12-28-52)92-77-46-59(44-75-80(77)82(65)61-38-22-24-40-71(61)90-75)86(55-33-17-7-18-34-55)56-35-19-8-20-36-56/h3-50H,1-2H3. The molecule has 0 atom stereocenters. The molecule has 0 N–H and O–H groups in total. The molecule has 0 amide bonds. The van der Waals surface area contributed by atoms with Gasteiger partial charge in [0.25, 0.3) is 20.1 Å². The molecule has 94 heavy (non-hydrogen) atoms. The molecule has 13 aromatic carbocycles. The molecule has 0 bridgehead atoms. The Morgan fingerprint density at radius 2 is 0.511 bits per heavy atom. The quantitative estimate of drug-likeness (QED) is 0.0919. The molecule has 13 aromatic rings. The lowest BCUT2D eigenvalue weighted by atomic mass is 9.30. The summed E-state index contributed by atoms with van der Waals surface area (Å²) in [6, 6.07) is 104. The zero-order chi connectivity index (χ0) is 62.1. The van der Waals surface area contributed by atoms with Crippen LogP contribution >= 0.6 is 23.9 Å². The molecule has 6 heterocycles. The molecule has 6 aliphatic rings. The van der Waals surface area contributed by atoms with Gasteiger partial charge < -0.3 is 33.6 Å². The summed E-state index contributed by atoms with van der Waals surface area (Å²) in [5, 5.41) is 0. The summed E-state index contributed by atoms with van der Waals surface area (Å²) in [5.41, 5.74) is 23.4. The fourth-order valence-electron chi connectivity index (χ4n) is 15.3. The van der Waals surface area contributed by atoms with Crippen molar-refractivity contribution in [3.8, 4) is 46.0 Å². The van der Waals surface area contributed by atoms with E-state index in [4.69, 9.17) is 18.9 Å². The summed E-state index contributed by atoms with van der Waals surface area (Å²) < 4.78 is 34.0. The Hall–Kier alpha value is -11.0. The van der Waals surface area contributed by atoms with E-state index in [0.29, 0.717) is 0 Å². The van der Waals surface area contributed by atoms with Crippen LogP contribution in [0.3, 0.4) is 0 Å². The highest BCUT2D eigenvalue weighted by Gasteiger charge is 2.50. The van der Waals surface area contributed by atoms with Gasteiger partial charge in [-0.3, -0.25) is 8.61 Å². The number of ether oxygens (including phenoxy) is 4. The van der Waals surface area contributed by atoms with Gasteiger partial charge in [-0.25, -0.2) is 0 Å². The summed E-state index contributed by atoms with van der Waals surface area (Å²) in [6.07, 6.45) is 4.39. The molecule has 0 spiro atoms. The average molecular weight is 1250 g/mol. The average Bonchev–Trinajstić information content (AvgIpc) is 0.698. The number of fused-ring (bicyclic) bond motifs is 12. The van der Waals surface area contributed by atoms with Crippen LogP contribution in [0.25, 0.3) is 0 Å². The van der Waals surface area contributed by atoms with E-state index in [0.717, 1.165) is 153 Å². The summed E-state index contributed by atoms with van der Waals surface area (Å²) in [6.45, 7) is -0.671. The van der Waals surface area contributed by atoms with Gasteiger partial charge >= 0.3 is 0 Å². The van der Waals surface area contributed by atoms with E-state index in [9.17, 15) is 0 Å². The van der Waals surface area contributed by atoms with Crippen molar-refractivity contribution in [2.24, 2.45) is 0 Å². The predicted octanol–water partition coefficient (Wildman–Crippen LogP) is 15.5. The molecular formula is C80H54B3N5O4S2. The van der Waals surface area contributed by atoms with Crippen LogP contribution in [0.5, 0.6) is 46.0 Å². The van der Waals surface area contributed by atoms with E-state index in [1.165, 1.54) is 16.4 Å². The third kappa shape index (κ3) is 8.49. The van der Waals surface area contributed by atoms with Crippen molar-refractivity contribution >= 4 is 167 Å². The number of nitrogens with zero attached hydrogens (tertiary/aromatic N) is 5. The van der Waals surface area contributed by atoms with Crippen molar-refractivity contribution in [3.05, 3.63) is 291 Å². The number of hydrogen-bond acceptors (Lipinski definition) is 11. The molecule has 6 aliphatic heterocycles. The van der Waals surface area contributed by atoms with E-state index < -0.39 is 0 Å². The highest BCUT2D eigenvalue weighted by atomic mass is 32.2. The molecular weight excluding hydrogens is 1190 g/mol. The molecule has 0 saturated carbocycles. The highest BCUT2D eigenvalue weighted by Crippen LogP contribution is 2.51. The fourth-order valence-corrected chi connectivity index (χ4v) is 16.8. The number of rotatable bonds is 11. The minimum absolute atomic E-state index is 0.211. The molecule has 0 radical (unpaired) electrons. The van der Waals surface area contributed by atoms with Crippen molar-refractivity contribution < 1.29 is 18.9 Å². The third-order valence-electron chi connectivity index (χ3n) is 19.2. The monoisotopic (exact) mass is 1250 g/mol. The topological polar surface area (TPSA) is 53.1 Å². The van der Waals surface area contributed by atoms with Gasteiger partial charge in [0.2, 0.25) is 0 Å². The molecule has 19 rings (SSSR count). The van der Waals surface area contributed by atoms with Crippen LogP contribution in [0.4, 0.5) is 73.9 Å². The maximum Gasteiger partial charge on any atom is 0.260 e. The molecule has 0 unspecified atom stereocenters. The smallest absolute Gasteiger partial charge is 0.260 e. The van der Waals surface area contributed by atoms with E-state index in [1.807, 2.05) is 0 Å². The van der Waals surface area contributed by atoms with Crippen molar-refractivity contribution in [3.63, 3.8) is 0 Å². The predicted molar refractivity (Wildman–Crippen MR) is 395 cm³/mol. The number of benzene rings is 13. The maximum atomic E-state index is 7.50. The van der Waals surface area contributed by atoms with Gasteiger partial charge in [-0.2, -0.15) is 0 Å². The van der Waals surface area contributed by atoms with Crippen LogP contribution in [-0.4, -0.2) is 32.6 Å². The molecule has 0 aromatic heterocycles. The van der Waals surface area contributed by atoms with Crippen molar-refractivity contribution in [2.75, 3.05) is 35.8 Å². The second kappa shape index (κ2) is 21.8. The Balaban J connectivity index is 0.843. The lowest BCUT2D eigenvalue weighted by Crippen LogP contribution is -2.65. The van der Waals surface area contributed by atoms with E-state index in [1.54, 1.807) is 23.9 Å². The Morgan fingerprint density at radius 3 is 0.830 bits per heavy atom. The third-order valence-corrected chi connectivity index (χ3v) is 20.7. The van der Waals surface area contributed by atoms with Gasteiger partial charge in [-0.05, 0) is 159 Å². The first-order chi connectivity index (χ1) is 46.5. The van der Waals surface area contributed by atoms with Crippen LogP contribution in [0.2, 0.25) is 0 Å². The Labute approximate surface area is 555 Å². The molecule has 0 aliphatic carbocycles. The first-order valence-corrected chi connectivity index (χ1v) is 34.1. The second-order valence-corrected chi connectivity index (χ2v) is 25.7. The van der Waals surface area contributed by atoms with Crippen molar-refractivity contribution in [2.45, 2.75) is 0 Å². The lowest BCUT2D eigenvalue weighted by molar-refractivity contribution is 0.464. The summed E-state index contributed by atoms with van der Waals surface area (Å²) >= 11 is 3.43. The number of hydrogen-bond donors (Lipinski definition) is 0. The van der Waals surface area contributed by atoms with Gasteiger partial charge in [0.05, 0.1) is 39.8 Å². The van der Waals surface area contributed by atoms with Gasteiger partial charge in [0.15, 0.2) is 0 Å². The zero-order valence-corrected chi connectivity index (χ0v) is 52.8. The van der Waals surface area contributed by atoms with E-state index >= 15 is 0 Å². The largest absolute Gasteiger partial charge is 0.458 e. The minimum atomic E-state index is -0.249. The van der Waals surface area contributed by atoms with Gasteiger partial charge in [0, 0.05) is 94.0 Å². The molecule has 0 fully saturated rings. The van der Waals surface area contributed by atoms with E-state index in [-0.39, 0.29) is 20.1 Å². The molecule has 9 nitrogen and oxygen atoms in total.